The van der Waals surface area contributed by atoms with Gasteiger partial charge in [0.15, 0.2) is 6.61 Å². The molecule has 2 rings (SSSR count). The zero-order chi connectivity index (χ0) is 18.2. The van der Waals surface area contributed by atoms with Crippen molar-refractivity contribution < 1.29 is 23.9 Å². The van der Waals surface area contributed by atoms with Crippen molar-refractivity contribution in [2.75, 3.05) is 18.5 Å². The minimum Gasteiger partial charge on any atom is -0.456 e. The van der Waals surface area contributed by atoms with E-state index in [4.69, 9.17) is 4.74 Å². The molecule has 0 bridgehead atoms. The summed E-state index contributed by atoms with van der Waals surface area (Å²) in [7, 11) is 0. The Kier molecular flexibility index (Phi) is 6.81. The normalized spacial score (nSPS) is 15.6. The number of carbonyl (C=O) groups is 4. The largest absolute Gasteiger partial charge is 0.456 e. The van der Waals surface area contributed by atoms with E-state index in [-0.39, 0.29) is 12.3 Å². The third-order valence-corrected chi connectivity index (χ3v) is 4.49. The van der Waals surface area contributed by atoms with Crippen LogP contribution in [0.2, 0.25) is 0 Å². The number of imide groups is 1. The number of amides is 4. The first-order valence-corrected chi connectivity index (χ1v) is 8.67. The van der Waals surface area contributed by atoms with Gasteiger partial charge in [-0.2, -0.15) is 0 Å². The fourth-order valence-corrected chi connectivity index (χ4v) is 3.12. The minimum absolute atomic E-state index is 0.167. The Morgan fingerprint density at radius 2 is 2.04 bits per heavy atom. The SMILES string of the molecule is CCCNC(=O)NC(=O)COC(=O)C[C@H]1Sc2ccccc2NC1=O. The zero-order valence-electron chi connectivity index (χ0n) is 13.7. The fourth-order valence-electron chi connectivity index (χ4n) is 2.03. The number of rotatable bonds is 6. The van der Waals surface area contributed by atoms with Crippen molar-refractivity contribution in [3.63, 3.8) is 0 Å². The summed E-state index contributed by atoms with van der Waals surface area (Å²) in [5.74, 6) is -1.70. The number of hydrogen-bond donors (Lipinski definition) is 3. The molecule has 4 amide bonds. The highest BCUT2D eigenvalue weighted by Gasteiger charge is 2.29. The summed E-state index contributed by atoms with van der Waals surface area (Å²) in [5, 5.41) is 6.61. The van der Waals surface area contributed by atoms with Gasteiger partial charge in [-0.15, -0.1) is 11.8 Å². The van der Waals surface area contributed by atoms with E-state index in [2.05, 4.69) is 10.6 Å². The van der Waals surface area contributed by atoms with Crippen molar-refractivity contribution in [2.45, 2.75) is 29.9 Å². The van der Waals surface area contributed by atoms with Crippen LogP contribution in [0, 0.1) is 0 Å². The van der Waals surface area contributed by atoms with Gasteiger partial charge in [-0.25, -0.2) is 4.79 Å². The Morgan fingerprint density at radius 3 is 2.80 bits per heavy atom. The lowest BCUT2D eigenvalue weighted by Crippen LogP contribution is -2.41. The Bertz CT molecular complexity index is 679. The van der Waals surface area contributed by atoms with Crippen molar-refractivity contribution >= 4 is 41.3 Å². The monoisotopic (exact) mass is 365 g/mol. The van der Waals surface area contributed by atoms with Gasteiger partial charge >= 0.3 is 12.0 Å². The highest BCUT2D eigenvalue weighted by atomic mass is 32.2. The second-order valence-corrected chi connectivity index (χ2v) is 6.51. The average molecular weight is 365 g/mol. The molecular formula is C16H19N3O5S. The van der Waals surface area contributed by atoms with Crippen LogP contribution in [0.5, 0.6) is 0 Å². The standard InChI is InChI=1S/C16H19N3O5S/c1-2-7-17-16(23)19-13(20)9-24-14(21)8-12-15(22)18-10-5-3-4-6-11(10)25-12/h3-6,12H,2,7-9H2,1H3,(H,18,22)(H2,17,19,20,23)/t12-/m1/s1. The average Bonchev–Trinajstić information content (AvgIpc) is 2.59. The molecule has 0 unspecified atom stereocenters. The van der Waals surface area contributed by atoms with Crippen LogP contribution in [0.15, 0.2) is 29.2 Å². The lowest BCUT2D eigenvalue weighted by Gasteiger charge is -2.23. The second kappa shape index (κ2) is 9.07. The first-order chi connectivity index (χ1) is 12.0. The maximum Gasteiger partial charge on any atom is 0.321 e. The summed E-state index contributed by atoms with van der Waals surface area (Å²) < 4.78 is 4.82. The van der Waals surface area contributed by atoms with Gasteiger partial charge in [0.1, 0.15) is 0 Å². The quantitative estimate of drug-likeness (QED) is 0.654. The predicted octanol–water partition coefficient (Wildman–Crippen LogP) is 1.27. The Balaban J connectivity index is 1.76. The van der Waals surface area contributed by atoms with Crippen LogP contribution in [0.3, 0.4) is 0 Å². The van der Waals surface area contributed by atoms with Crippen LogP contribution in [0.1, 0.15) is 19.8 Å². The molecule has 0 radical (unpaired) electrons. The summed E-state index contributed by atoms with van der Waals surface area (Å²) in [6.45, 7) is 1.74. The van der Waals surface area contributed by atoms with Crippen LogP contribution in [-0.2, 0) is 19.1 Å². The molecule has 0 fully saturated rings. The lowest BCUT2D eigenvalue weighted by molar-refractivity contribution is -0.148. The van der Waals surface area contributed by atoms with Crippen molar-refractivity contribution in [3.8, 4) is 0 Å². The first-order valence-electron chi connectivity index (χ1n) is 7.79. The molecular weight excluding hydrogens is 346 g/mol. The van der Waals surface area contributed by atoms with Gasteiger partial charge in [-0.1, -0.05) is 19.1 Å². The van der Waals surface area contributed by atoms with E-state index in [0.29, 0.717) is 12.2 Å². The molecule has 3 N–H and O–H groups in total. The van der Waals surface area contributed by atoms with Crippen LogP contribution >= 0.6 is 11.8 Å². The molecule has 1 aromatic rings. The number of ether oxygens (including phenoxy) is 1. The maximum absolute atomic E-state index is 12.0. The Morgan fingerprint density at radius 1 is 1.28 bits per heavy atom. The number of fused-ring (bicyclic) bond motifs is 1. The number of para-hydroxylation sites is 1. The van der Waals surface area contributed by atoms with Crippen LogP contribution in [0.4, 0.5) is 10.5 Å². The third-order valence-electron chi connectivity index (χ3n) is 3.21. The van der Waals surface area contributed by atoms with Crippen molar-refractivity contribution in [2.24, 2.45) is 0 Å². The number of urea groups is 1. The molecule has 0 spiro atoms. The molecule has 0 saturated heterocycles. The number of thioether (sulfide) groups is 1. The van der Waals surface area contributed by atoms with Gasteiger partial charge in [-0.3, -0.25) is 19.7 Å². The number of hydrogen-bond acceptors (Lipinski definition) is 6. The van der Waals surface area contributed by atoms with Crippen LogP contribution in [0.25, 0.3) is 0 Å². The zero-order valence-corrected chi connectivity index (χ0v) is 14.5. The molecule has 9 heteroatoms. The molecule has 0 saturated carbocycles. The van der Waals surface area contributed by atoms with Crippen molar-refractivity contribution in [3.05, 3.63) is 24.3 Å². The smallest absolute Gasteiger partial charge is 0.321 e. The number of nitrogens with one attached hydrogen (secondary N) is 3. The number of benzene rings is 1. The molecule has 1 heterocycles. The molecule has 8 nitrogen and oxygen atoms in total. The molecule has 0 aromatic heterocycles. The van der Waals surface area contributed by atoms with E-state index in [9.17, 15) is 19.2 Å². The van der Waals surface area contributed by atoms with E-state index >= 15 is 0 Å². The Hall–Kier alpha value is -2.55. The highest BCUT2D eigenvalue weighted by molar-refractivity contribution is 8.01. The third kappa shape index (κ3) is 5.79. The number of esters is 1. The van der Waals surface area contributed by atoms with E-state index < -0.39 is 29.8 Å². The van der Waals surface area contributed by atoms with Gasteiger partial charge in [-0.05, 0) is 18.6 Å². The number of carbonyl (C=O) groups excluding carboxylic acids is 4. The van der Waals surface area contributed by atoms with Gasteiger partial charge in [0.2, 0.25) is 5.91 Å². The van der Waals surface area contributed by atoms with Gasteiger partial charge in [0, 0.05) is 11.4 Å². The molecule has 1 aliphatic heterocycles. The van der Waals surface area contributed by atoms with Gasteiger partial charge in [0.05, 0.1) is 17.4 Å². The Labute approximate surface area is 149 Å². The van der Waals surface area contributed by atoms with Crippen molar-refractivity contribution in [1.29, 1.82) is 0 Å². The van der Waals surface area contributed by atoms with E-state index in [0.717, 1.165) is 11.3 Å². The van der Waals surface area contributed by atoms with E-state index in [1.54, 1.807) is 6.07 Å². The predicted molar refractivity (Wildman–Crippen MR) is 92.1 cm³/mol. The summed E-state index contributed by atoms with van der Waals surface area (Å²) >= 11 is 1.27. The number of anilines is 1. The van der Waals surface area contributed by atoms with Gasteiger partial charge < -0.3 is 15.4 Å². The van der Waals surface area contributed by atoms with Crippen LogP contribution in [-0.4, -0.2) is 42.2 Å². The van der Waals surface area contributed by atoms with Crippen molar-refractivity contribution in [1.82, 2.24) is 10.6 Å². The van der Waals surface area contributed by atoms with E-state index in [1.807, 2.05) is 30.4 Å². The molecule has 1 aromatic carbocycles. The van der Waals surface area contributed by atoms with Gasteiger partial charge in [0.25, 0.3) is 5.91 Å². The topological polar surface area (TPSA) is 114 Å². The van der Waals surface area contributed by atoms with E-state index in [1.165, 1.54) is 11.8 Å². The highest BCUT2D eigenvalue weighted by Crippen LogP contribution is 2.36. The van der Waals surface area contributed by atoms with Crippen LogP contribution < -0.4 is 16.0 Å². The molecule has 134 valence electrons. The maximum atomic E-state index is 12.0. The fraction of sp³-hybridized carbons (Fsp3) is 0.375. The molecule has 0 aliphatic carbocycles. The summed E-state index contributed by atoms with van der Waals surface area (Å²) in [4.78, 5) is 47.5. The second-order valence-electron chi connectivity index (χ2n) is 5.26. The molecule has 1 atom stereocenters. The lowest BCUT2D eigenvalue weighted by atomic mass is 10.2. The first kappa shape index (κ1) is 18.8. The molecule has 25 heavy (non-hydrogen) atoms. The molecule has 1 aliphatic rings. The summed E-state index contributed by atoms with van der Waals surface area (Å²) in [5.41, 5.74) is 0.708. The summed E-state index contributed by atoms with van der Waals surface area (Å²) in [6.07, 6.45) is 0.570. The summed E-state index contributed by atoms with van der Waals surface area (Å²) in [6, 6.07) is 6.64. The minimum atomic E-state index is -0.729.